The average molecular weight is 315 g/mol. The van der Waals surface area contributed by atoms with E-state index in [1.807, 2.05) is 6.92 Å². The minimum Gasteiger partial charge on any atom is -0.218 e. The molecule has 0 heterocycles. The summed E-state index contributed by atoms with van der Waals surface area (Å²) in [5, 5.41) is 0.757. The summed E-state index contributed by atoms with van der Waals surface area (Å²) >= 11 is 11.9. The molecule has 2 nitrogen and oxygen atoms in total. The molecule has 0 radical (unpaired) electrons. The summed E-state index contributed by atoms with van der Waals surface area (Å²) in [5.74, 6) is 0. The maximum absolute atomic E-state index is 12.5. The maximum Gasteiger partial charge on any atom is 0.208 e. The first-order chi connectivity index (χ1) is 8.82. The highest BCUT2D eigenvalue weighted by Gasteiger charge is 2.21. The highest BCUT2D eigenvalue weighted by atomic mass is 35.5. The molecular formula is C14H12Cl2O2S. The molecule has 2 rings (SSSR count). The summed E-state index contributed by atoms with van der Waals surface area (Å²) in [4.78, 5) is 0.317. The Hall–Kier alpha value is -1.03. The summed E-state index contributed by atoms with van der Waals surface area (Å²) in [6.45, 7) is 3.58. The fourth-order valence-electron chi connectivity index (χ4n) is 1.73. The number of rotatable bonds is 2. The molecule has 0 fully saturated rings. The molecule has 5 heteroatoms. The van der Waals surface area contributed by atoms with Crippen LogP contribution in [-0.4, -0.2) is 8.42 Å². The minimum absolute atomic E-state index is 0.121. The van der Waals surface area contributed by atoms with Crippen LogP contribution in [-0.2, 0) is 9.84 Å². The number of sulfone groups is 1. The van der Waals surface area contributed by atoms with Crippen molar-refractivity contribution in [3.05, 3.63) is 57.6 Å². The van der Waals surface area contributed by atoms with Crippen molar-refractivity contribution in [1.29, 1.82) is 0 Å². The highest BCUT2D eigenvalue weighted by Crippen LogP contribution is 2.30. The van der Waals surface area contributed by atoms with Crippen LogP contribution in [0.1, 0.15) is 11.1 Å². The molecule has 0 N–H and O–H groups in total. The Balaban J connectivity index is 2.65. The molecular weight excluding hydrogens is 303 g/mol. The zero-order valence-corrected chi connectivity index (χ0v) is 12.8. The van der Waals surface area contributed by atoms with Gasteiger partial charge in [0.05, 0.1) is 14.8 Å². The van der Waals surface area contributed by atoms with Crippen LogP contribution in [0.4, 0.5) is 0 Å². The van der Waals surface area contributed by atoms with Crippen LogP contribution in [0.2, 0.25) is 10.0 Å². The van der Waals surface area contributed by atoms with E-state index < -0.39 is 9.84 Å². The minimum atomic E-state index is -3.62. The van der Waals surface area contributed by atoms with Crippen LogP contribution in [0.3, 0.4) is 0 Å². The van der Waals surface area contributed by atoms with Gasteiger partial charge in [0.1, 0.15) is 0 Å². The van der Waals surface area contributed by atoms with Gasteiger partial charge in [-0.3, -0.25) is 0 Å². The predicted octanol–water partition coefficient (Wildman–Crippen LogP) is 4.44. The quantitative estimate of drug-likeness (QED) is 0.821. The second-order valence-corrected chi connectivity index (χ2v) is 7.08. The molecule has 0 saturated heterocycles. The van der Waals surface area contributed by atoms with Gasteiger partial charge in [-0.1, -0.05) is 29.3 Å². The summed E-state index contributed by atoms with van der Waals surface area (Å²) in [5.41, 5.74) is 1.56. The van der Waals surface area contributed by atoms with Gasteiger partial charge < -0.3 is 0 Å². The van der Waals surface area contributed by atoms with E-state index in [9.17, 15) is 8.42 Å². The molecule has 0 unspecified atom stereocenters. The molecule has 0 aromatic heterocycles. The van der Waals surface area contributed by atoms with Gasteiger partial charge in [0.15, 0.2) is 0 Å². The predicted molar refractivity (Wildman–Crippen MR) is 77.8 cm³/mol. The summed E-state index contributed by atoms with van der Waals surface area (Å²) < 4.78 is 25.1. The van der Waals surface area contributed by atoms with Crippen molar-refractivity contribution in [3.63, 3.8) is 0 Å². The van der Waals surface area contributed by atoms with E-state index in [0.29, 0.717) is 10.6 Å². The van der Waals surface area contributed by atoms with Crippen LogP contribution in [0.15, 0.2) is 46.2 Å². The number of aryl methyl sites for hydroxylation is 2. The monoisotopic (exact) mass is 314 g/mol. The van der Waals surface area contributed by atoms with Crippen molar-refractivity contribution in [2.45, 2.75) is 23.6 Å². The molecule has 100 valence electrons. The van der Waals surface area contributed by atoms with Crippen molar-refractivity contribution in [2.75, 3.05) is 0 Å². The third-order valence-corrected chi connectivity index (χ3v) is 5.47. The lowest BCUT2D eigenvalue weighted by Crippen LogP contribution is -2.03. The first-order valence-electron chi connectivity index (χ1n) is 5.60. The third kappa shape index (κ3) is 2.78. The fourth-order valence-corrected chi connectivity index (χ4v) is 3.77. The van der Waals surface area contributed by atoms with Crippen molar-refractivity contribution in [2.24, 2.45) is 0 Å². The maximum atomic E-state index is 12.5. The molecule has 0 aliphatic carbocycles. The van der Waals surface area contributed by atoms with Crippen molar-refractivity contribution < 1.29 is 8.42 Å². The number of hydrogen-bond donors (Lipinski definition) is 0. The van der Waals surface area contributed by atoms with Gasteiger partial charge in [-0.2, -0.15) is 0 Å². The number of benzene rings is 2. The molecule has 2 aromatic rings. The fraction of sp³-hybridized carbons (Fsp3) is 0.143. The highest BCUT2D eigenvalue weighted by molar-refractivity contribution is 7.91. The second-order valence-electron chi connectivity index (χ2n) is 4.35. The largest absolute Gasteiger partial charge is 0.218 e. The van der Waals surface area contributed by atoms with Gasteiger partial charge in [0, 0.05) is 5.02 Å². The van der Waals surface area contributed by atoms with Crippen LogP contribution in [0.25, 0.3) is 0 Å². The van der Waals surface area contributed by atoms with E-state index in [4.69, 9.17) is 23.2 Å². The Bertz CT molecular complexity index is 737. The molecule has 19 heavy (non-hydrogen) atoms. The van der Waals surface area contributed by atoms with Gasteiger partial charge in [-0.05, 0) is 55.3 Å². The summed E-state index contributed by atoms with van der Waals surface area (Å²) in [7, 11) is -3.62. The topological polar surface area (TPSA) is 34.1 Å². The standard InChI is InChI=1S/C14H12Cl2O2S/c1-9-3-5-13(16)14(7-9)19(17,18)11-4-6-12(15)10(2)8-11/h3-8H,1-2H3. The summed E-state index contributed by atoms with van der Waals surface area (Å²) in [6, 6.07) is 9.55. The molecule has 2 aromatic carbocycles. The lowest BCUT2D eigenvalue weighted by molar-refractivity contribution is 0.596. The average Bonchev–Trinajstić information content (AvgIpc) is 2.35. The molecule has 0 spiro atoms. The number of hydrogen-bond acceptors (Lipinski definition) is 2. The second kappa shape index (κ2) is 5.16. The molecule has 0 amide bonds. The Kier molecular flexibility index (Phi) is 3.90. The van der Waals surface area contributed by atoms with Crippen molar-refractivity contribution >= 4 is 33.0 Å². The number of halogens is 2. The van der Waals surface area contributed by atoms with Crippen LogP contribution < -0.4 is 0 Å². The van der Waals surface area contributed by atoms with E-state index in [0.717, 1.165) is 5.56 Å². The molecule has 0 saturated carbocycles. The van der Waals surface area contributed by atoms with E-state index >= 15 is 0 Å². The Labute approximate surface area is 122 Å². The first-order valence-corrected chi connectivity index (χ1v) is 7.83. The smallest absolute Gasteiger partial charge is 0.208 e. The van der Waals surface area contributed by atoms with Gasteiger partial charge in [0.2, 0.25) is 9.84 Å². The third-order valence-electron chi connectivity index (χ3n) is 2.82. The normalized spacial score (nSPS) is 11.6. The van der Waals surface area contributed by atoms with E-state index in [1.54, 1.807) is 37.3 Å². The van der Waals surface area contributed by atoms with Crippen LogP contribution in [0, 0.1) is 13.8 Å². The van der Waals surface area contributed by atoms with Crippen molar-refractivity contribution in [3.8, 4) is 0 Å². The molecule has 0 atom stereocenters. The van der Waals surface area contributed by atoms with E-state index in [-0.39, 0.29) is 14.8 Å². The van der Waals surface area contributed by atoms with Gasteiger partial charge >= 0.3 is 0 Å². The summed E-state index contributed by atoms with van der Waals surface area (Å²) in [6.07, 6.45) is 0. The molecule has 0 aliphatic heterocycles. The Morgan fingerprint density at radius 1 is 0.895 bits per heavy atom. The van der Waals surface area contributed by atoms with Crippen LogP contribution in [0.5, 0.6) is 0 Å². The van der Waals surface area contributed by atoms with E-state index in [2.05, 4.69) is 0 Å². The van der Waals surface area contributed by atoms with Gasteiger partial charge in [0.25, 0.3) is 0 Å². The van der Waals surface area contributed by atoms with E-state index in [1.165, 1.54) is 6.07 Å². The SMILES string of the molecule is Cc1ccc(Cl)c(S(=O)(=O)c2ccc(Cl)c(C)c2)c1. The zero-order chi connectivity index (χ0) is 14.2. The Morgan fingerprint density at radius 2 is 1.53 bits per heavy atom. The van der Waals surface area contributed by atoms with Crippen LogP contribution >= 0.6 is 23.2 Å². The molecule has 0 bridgehead atoms. The van der Waals surface area contributed by atoms with Crippen molar-refractivity contribution in [1.82, 2.24) is 0 Å². The first kappa shape index (κ1) is 14.4. The van der Waals surface area contributed by atoms with Gasteiger partial charge in [-0.15, -0.1) is 0 Å². The lowest BCUT2D eigenvalue weighted by Gasteiger charge is -2.09. The lowest BCUT2D eigenvalue weighted by atomic mass is 10.2. The van der Waals surface area contributed by atoms with Gasteiger partial charge in [-0.25, -0.2) is 8.42 Å². The Morgan fingerprint density at radius 3 is 2.16 bits per heavy atom. The zero-order valence-electron chi connectivity index (χ0n) is 10.4. The molecule has 0 aliphatic rings.